The van der Waals surface area contributed by atoms with Gasteiger partial charge in [0.2, 0.25) is 0 Å². The lowest BCUT2D eigenvalue weighted by Gasteiger charge is -2.12. The Labute approximate surface area is 146 Å². The molecular weight excluding hydrogens is 320 g/mol. The summed E-state index contributed by atoms with van der Waals surface area (Å²) in [6, 6.07) is 15.1. The average molecular weight is 339 g/mol. The van der Waals surface area contributed by atoms with Crippen LogP contribution in [-0.2, 0) is 6.54 Å². The van der Waals surface area contributed by atoms with Crippen molar-refractivity contribution in [2.75, 3.05) is 0 Å². The highest BCUT2D eigenvalue weighted by atomic mass is 35.5. The predicted octanol–water partition coefficient (Wildman–Crippen LogP) is 4.54. The molecule has 2 aromatic carbocycles. The van der Waals surface area contributed by atoms with E-state index in [-0.39, 0.29) is 5.56 Å². The van der Waals surface area contributed by atoms with Gasteiger partial charge in [0.15, 0.2) is 0 Å². The van der Waals surface area contributed by atoms with Gasteiger partial charge in [-0.2, -0.15) is 5.10 Å². The summed E-state index contributed by atoms with van der Waals surface area (Å²) in [5.74, 6) is 0. The molecule has 0 aliphatic carbocycles. The van der Waals surface area contributed by atoms with Crippen LogP contribution in [0.3, 0.4) is 0 Å². The van der Waals surface area contributed by atoms with Crippen LogP contribution in [0, 0.1) is 20.8 Å². The number of benzene rings is 2. The first-order valence-corrected chi connectivity index (χ1v) is 8.23. The Morgan fingerprint density at radius 2 is 1.67 bits per heavy atom. The zero-order chi connectivity index (χ0) is 17.3. The van der Waals surface area contributed by atoms with E-state index >= 15 is 0 Å². The zero-order valence-electron chi connectivity index (χ0n) is 14.0. The van der Waals surface area contributed by atoms with E-state index in [0.717, 1.165) is 22.4 Å². The molecule has 0 unspecified atom stereocenters. The van der Waals surface area contributed by atoms with Crippen LogP contribution in [0.1, 0.15) is 22.3 Å². The molecule has 0 spiro atoms. The second-order valence-electron chi connectivity index (χ2n) is 6.06. The Morgan fingerprint density at radius 1 is 0.958 bits per heavy atom. The molecule has 3 aromatic rings. The second-order valence-corrected chi connectivity index (χ2v) is 6.46. The third-order valence-electron chi connectivity index (χ3n) is 4.26. The Kier molecular flexibility index (Phi) is 4.54. The van der Waals surface area contributed by atoms with Crippen LogP contribution in [-0.4, -0.2) is 9.78 Å². The topological polar surface area (TPSA) is 34.9 Å². The van der Waals surface area contributed by atoms with Gasteiger partial charge in [0, 0.05) is 16.7 Å². The molecule has 122 valence electrons. The Bertz CT molecular complexity index is 960. The highest BCUT2D eigenvalue weighted by Crippen LogP contribution is 2.24. The van der Waals surface area contributed by atoms with E-state index in [4.69, 9.17) is 11.6 Å². The van der Waals surface area contributed by atoms with Crippen LogP contribution in [0.25, 0.3) is 11.3 Å². The van der Waals surface area contributed by atoms with Gasteiger partial charge in [0.1, 0.15) is 0 Å². The quantitative estimate of drug-likeness (QED) is 0.702. The summed E-state index contributed by atoms with van der Waals surface area (Å²) < 4.78 is 1.46. The van der Waals surface area contributed by atoms with Crippen LogP contribution < -0.4 is 5.56 Å². The summed E-state index contributed by atoms with van der Waals surface area (Å²) in [7, 11) is 0. The third-order valence-corrected chi connectivity index (χ3v) is 4.63. The van der Waals surface area contributed by atoms with Crippen LogP contribution in [0.2, 0.25) is 5.02 Å². The Hall–Kier alpha value is -2.39. The van der Waals surface area contributed by atoms with Gasteiger partial charge in [-0.25, -0.2) is 4.68 Å². The van der Waals surface area contributed by atoms with Crippen molar-refractivity contribution in [3.05, 3.63) is 86.2 Å². The first-order valence-electron chi connectivity index (χ1n) is 7.85. The average Bonchev–Trinajstić information content (AvgIpc) is 2.55. The Balaban J connectivity index is 2.06. The molecule has 0 fully saturated rings. The minimum Gasteiger partial charge on any atom is -0.268 e. The molecule has 0 N–H and O–H groups in total. The summed E-state index contributed by atoms with van der Waals surface area (Å²) in [5.41, 5.74) is 6.19. The van der Waals surface area contributed by atoms with E-state index in [2.05, 4.69) is 38.0 Å². The molecule has 4 heteroatoms. The number of rotatable bonds is 3. The predicted molar refractivity (Wildman–Crippen MR) is 98.7 cm³/mol. The number of aryl methyl sites for hydroxylation is 3. The van der Waals surface area contributed by atoms with E-state index in [9.17, 15) is 4.79 Å². The van der Waals surface area contributed by atoms with E-state index in [1.807, 2.05) is 24.3 Å². The van der Waals surface area contributed by atoms with Crippen molar-refractivity contribution < 1.29 is 0 Å². The third kappa shape index (κ3) is 3.26. The number of hydrogen-bond donors (Lipinski definition) is 0. The summed E-state index contributed by atoms with van der Waals surface area (Å²) in [4.78, 5) is 12.2. The molecule has 0 bridgehead atoms. The fourth-order valence-electron chi connectivity index (χ4n) is 2.73. The fraction of sp³-hybridized carbons (Fsp3) is 0.200. The highest BCUT2D eigenvalue weighted by Gasteiger charge is 2.09. The Morgan fingerprint density at radius 3 is 2.42 bits per heavy atom. The highest BCUT2D eigenvalue weighted by molar-refractivity contribution is 6.31. The molecule has 3 nitrogen and oxygen atoms in total. The molecule has 0 aliphatic heterocycles. The molecule has 0 radical (unpaired) electrons. The molecule has 0 atom stereocenters. The van der Waals surface area contributed by atoms with E-state index in [1.54, 1.807) is 12.1 Å². The SMILES string of the molecule is Cc1cc(C)c(-c2ccc(=O)n(Cc3ccccc3Cl)n2)cc1C. The standard InChI is InChI=1S/C20H19ClN2O/c1-13-10-15(3)17(11-14(13)2)19-8-9-20(24)23(22-19)12-16-6-4-5-7-18(16)21/h4-11H,12H2,1-3H3. The van der Waals surface area contributed by atoms with Gasteiger partial charge in [-0.3, -0.25) is 4.79 Å². The van der Waals surface area contributed by atoms with Crippen molar-refractivity contribution in [3.8, 4) is 11.3 Å². The number of halogens is 1. The monoisotopic (exact) mass is 338 g/mol. The molecule has 24 heavy (non-hydrogen) atoms. The van der Waals surface area contributed by atoms with Crippen LogP contribution in [0.5, 0.6) is 0 Å². The molecule has 0 saturated carbocycles. The molecule has 0 aliphatic rings. The first kappa shape index (κ1) is 16.5. The lowest BCUT2D eigenvalue weighted by molar-refractivity contribution is 0.642. The van der Waals surface area contributed by atoms with E-state index in [1.165, 1.54) is 15.8 Å². The summed E-state index contributed by atoms with van der Waals surface area (Å²) >= 11 is 6.20. The van der Waals surface area contributed by atoms with Gasteiger partial charge in [0.05, 0.1) is 12.2 Å². The number of nitrogens with zero attached hydrogens (tertiary/aromatic N) is 2. The number of aromatic nitrogens is 2. The van der Waals surface area contributed by atoms with Crippen molar-refractivity contribution >= 4 is 11.6 Å². The van der Waals surface area contributed by atoms with E-state index in [0.29, 0.717) is 11.6 Å². The first-order chi connectivity index (χ1) is 11.5. The van der Waals surface area contributed by atoms with Crippen molar-refractivity contribution in [3.63, 3.8) is 0 Å². The maximum atomic E-state index is 12.2. The molecule has 0 amide bonds. The van der Waals surface area contributed by atoms with Gasteiger partial charge in [-0.05, 0) is 61.2 Å². The summed E-state index contributed by atoms with van der Waals surface area (Å²) in [5, 5.41) is 5.19. The minimum absolute atomic E-state index is 0.139. The molecule has 1 aromatic heterocycles. The lowest BCUT2D eigenvalue weighted by Crippen LogP contribution is -2.23. The van der Waals surface area contributed by atoms with Gasteiger partial charge < -0.3 is 0 Å². The second kappa shape index (κ2) is 6.62. The fourth-order valence-corrected chi connectivity index (χ4v) is 2.93. The van der Waals surface area contributed by atoms with Crippen LogP contribution in [0.15, 0.2) is 53.3 Å². The van der Waals surface area contributed by atoms with Crippen LogP contribution in [0.4, 0.5) is 0 Å². The van der Waals surface area contributed by atoms with Crippen molar-refractivity contribution in [2.45, 2.75) is 27.3 Å². The molecule has 0 saturated heterocycles. The van der Waals surface area contributed by atoms with Gasteiger partial charge in [0.25, 0.3) is 5.56 Å². The summed E-state index contributed by atoms with van der Waals surface area (Å²) in [6.07, 6.45) is 0. The van der Waals surface area contributed by atoms with Gasteiger partial charge in [-0.1, -0.05) is 35.9 Å². The maximum absolute atomic E-state index is 12.2. The minimum atomic E-state index is -0.139. The van der Waals surface area contributed by atoms with E-state index < -0.39 is 0 Å². The normalized spacial score (nSPS) is 10.8. The molecule has 1 heterocycles. The lowest BCUT2D eigenvalue weighted by atomic mass is 9.99. The smallest absolute Gasteiger partial charge is 0.267 e. The van der Waals surface area contributed by atoms with Gasteiger partial charge in [-0.15, -0.1) is 0 Å². The van der Waals surface area contributed by atoms with Crippen molar-refractivity contribution in [1.29, 1.82) is 0 Å². The zero-order valence-corrected chi connectivity index (χ0v) is 14.8. The van der Waals surface area contributed by atoms with Crippen LogP contribution >= 0.6 is 11.6 Å². The molecule has 3 rings (SSSR count). The van der Waals surface area contributed by atoms with Crippen molar-refractivity contribution in [2.24, 2.45) is 0 Å². The number of hydrogen-bond acceptors (Lipinski definition) is 2. The largest absolute Gasteiger partial charge is 0.268 e. The summed E-state index contributed by atoms with van der Waals surface area (Å²) in [6.45, 7) is 6.60. The van der Waals surface area contributed by atoms with Gasteiger partial charge >= 0.3 is 0 Å². The van der Waals surface area contributed by atoms with Crippen molar-refractivity contribution in [1.82, 2.24) is 9.78 Å². The molecular formula is C20H19ClN2O. The maximum Gasteiger partial charge on any atom is 0.267 e.